The van der Waals surface area contributed by atoms with Crippen LogP contribution >= 0.6 is 50.9 Å². The van der Waals surface area contributed by atoms with Gasteiger partial charge in [0.25, 0.3) is 5.91 Å². The van der Waals surface area contributed by atoms with Gasteiger partial charge < -0.3 is 10.4 Å². The summed E-state index contributed by atoms with van der Waals surface area (Å²) in [6, 6.07) is 9.83. The van der Waals surface area contributed by atoms with E-state index in [9.17, 15) is 9.90 Å². The number of carbonyl (C=O) groups excluding carboxylic acids is 1. The molecule has 0 aliphatic carbocycles. The predicted octanol–water partition coefficient (Wildman–Crippen LogP) is 5.35. The fraction of sp³-hybridized carbons (Fsp3) is 0. The molecule has 4 nitrogen and oxygen atoms in total. The standard InChI is InChI=1S/C16H9BrCl2N2O2S/c17-11-7-10(19)1-3-12(11)20-16-21-15(23)14(24-16)6-8-5-9(18)2-4-13(8)22/h1-7,22H,(H,20,21,23)/b14-6-. The van der Waals surface area contributed by atoms with E-state index in [1.54, 1.807) is 36.4 Å². The van der Waals surface area contributed by atoms with Gasteiger partial charge in [0.05, 0.1) is 10.6 Å². The number of hydrogen-bond acceptors (Lipinski definition) is 4. The first-order valence-corrected chi connectivity index (χ1v) is 9.02. The number of carbonyl (C=O) groups is 1. The van der Waals surface area contributed by atoms with Gasteiger partial charge in [-0.1, -0.05) is 23.2 Å². The van der Waals surface area contributed by atoms with E-state index in [0.717, 1.165) is 4.47 Å². The van der Waals surface area contributed by atoms with Gasteiger partial charge in [0.2, 0.25) is 0 Å². The van der Waals surface area contributed by atoms with E-state index in [0.29, 0.717) is 31.4 Å². The van der Waals surface area contributed by atoms with Crippen LogP contribution in [0.15, 0.2) is 50.8 Å². The highest BCUT2D eigenvalue weighted by Gasteiger charge is 2.24. The van der Waals surface area contributed by atoms with Crippen LogP contribution < -0.4 is 5.32 Å². The summed E-state index contributed by atoms with van der Waals surface area (Å²) in [7, 11) is 0. The number of halogens is 3. The lowest BCUT2D eigenvalue weighted by molar-refractivity contribution is -0.115. The van der Waals surface area contributed by atoms with Crippen LogP contribution in [0.2, 0.25) is 10.0 Å². The Hall–Kier alpha value is -1.47. The van der Waals surface area contributed by atoms with Gasteiger partial charge >= 0.3 is 0 Å². The number of amidine groups is 1. The summed E-state index contributed by atoms with van der Waals surface area (Å²) in [5.41, 5.74) is 1.11. The molecule has 1 fully saturated rings. The number of nitrogens with zero attached hydrogens (tertiary/aromatic N) is 1. The molecule has 0 atom stereocenters. The molecular weight excluding hydrogens is 435 g/mol. The van der Waals surface area contributed by atoms with Gasteiger partial charge in [-0.15, -0.1) is 0 Å². The fourth-order valence-corrected chi connectivity index (χ4v) is 3.72. The highest BCUT2D eigenvalue weighted by atomic mass is 79.9. The lowest BCUT2D eigenvalue weighted by atomic mass is 10.2. The number of hydrogen-bond donors (Lipinski definition) is 2. The molecule has 0 aromatic heterocycles. The third-order valence-electron chi connectivity index (χ3n) is 3.06. The van der Waals surface area contributed by atoms with Gasteiger partial charge in [-0.05, 0) is 70.2 Å². The Morgan fingerprint density at radius 1 is 1.17 bits per heavy atom. The highest BCUT2D eigenvalue weighted by Crippen LogP contribution is 2.33. The van der Waals surface area contributed by atoms with Crippen LogP contribution in [0.5, 0.6) is 5.75 Å². The molecule has 1 amide bonds. The first-order valence-electron chi connectivity index (χ1n) is 6.65. The smallest absolute Gasteiger partial charge is 0.264 e. The number of thioether (sulfide) groups is 1. The summed E-state index contributed by atoms with van der Waals surface area (Å²) >= 11 is 16.4. The lowest BCUT2D eigenvalue weighted by Crippen LogP contribution is -2.19. The maximum atomic E-state index is 12.1. The number of aromatic hydroxyl groups is 1. The van der Waals surface area contributed by atoms with E-state index in [1.165, 1.54) is 17.8 Å². The fourth-order valence-electron chi connectivity index (χ4n) is 1.94. The van der Waals surface area contributed by atoms with Gasteiger partial charge in [-0.2, -0.15) is 0 Å². The summed E-state index contributed by atoms with van der Waals surface area (Å²) < 4.78 is 0.724. The molecule has 1 heterocycles. The van der Waals surface area contributed by atoms with E-state index < -0.39 is 0 Å². The number of phenolic OH excluding ortho intramolecular Hbond substituents is 1. The molecule has 1 aliphatic heterocycles. The normalized spacial score (nSPS) is 17.5. The maximum Gasteiger partial charge on any atom is 0.264 e. The van der Waals surface area contributed by atoms with Crippen LogP contribution in [0, 0.1) is 0 Å². The van der Waals surface area contributed by atoms with Crippen LogP contribution in [0.4, 0.5) is 5.69 Å². The molecule has 0 radical (unpaired) electrons. The zero-order valence-electron chi connectivity index (χ0n) is 11.9. The molecule has 0 spiro atoms. The number of benzene rings is 2. The molecule has 8 heteroatoms. The topological polar surface area (TPSA) is 61.7 Å². The maximum absolute atomic E-state index is 12.1. The van der Waals surface area contributed by atoms with E-state index in [2.05, 4.69) is 26.2 Å². The summed E-state index contributed by atoms with van der Waals surface area (Å²) in [5, 5.41) is 14.0. The van der Waals surface area contributed by atoms with Gasteiger partial charge in [0, 0.05) is 20.1 Å². The monoisotopic (exact) mass is 442 g/mol. The lowest BCUT2D eigenvalue weighted by Gasteiger charge is -2.00. The minimum Gasteiger partial charge on any atom is -0.507 e. The Morgan fingerprint density at radius 2 is 1.88 bits per heavy atom. The first kappa shape index (κ1) is 17.4. The molecule has 1 aliphatic rings. The average molecular weight is 444 g/mol. The zero-order valence-corrected chi connectivity index (χ0v) is 15.8. The molecule has 0 unspecified atom stereocenters. The van der Waals surface area contributed by atoms with E-state index in [-0.39, 0.29) is 11.7 Å². The van der Waals surface area contributed by atoms with Crippen molar-refractivity contribution in [2.45, 2.75) is 0 Å². The Morgan fingerprint density at radius 3 is 2.62 bits per heavy atom. The van der Waals surface area contributed by atoms with Gasteiger partial charge in [0.15, 0.2) is 5.17 Å². The van der Waals surface area contributed by atoms with Crippen molar-refractivity contribution in [3.05, 3.63) is 61.4 Å². The SMILES string of the molecule is O=C1NC(=Nc2ccc(Cl)cc2Br)S/C1=C\c1cc(Cl)ccc1O. The first-order chi connectivity index (χ1) is 11.4. The Kier molecular flexibility index (Phi) is 5.20. The number of aliphatic imine (C=N–C) groups is 1. The highest BCUT2D eigenvalue weighted by molar-refractivity contribution is 9.10. The number of nitrogens with one attached hydrogen (secondary N) is 1. The van der Waals surface area contributed by atoms with Crippen molar-refractivity contribution in [2.75, 3.05) is 0 Å². The van der Waals surface area contributed by atoms with E-state index >= 15 is 0 Å². The molecule has 3 rings (SSSR count). The van der Waals surface area contributed by atoms with Crippen molar-refractivity contribution in [1.29, 1.82) is 0 Å². The van der Waals surface area contributed by atoms with E-state index in [4.69, 9.17) is 23.2 Å². The Bertz CT molecular complexity index is 900. The Labute approximate surface area is 160 Å². The zero-order chi connectivity index (χ0) is 17.3. The van der Waals surface area contributed by atoms with Crippen LogP contribution in [-0.4, -0.2) is 16.2 Å². The molecule has 24 heavy (non-hydrogen) atoms. The van der Waals surface area contributed by atoms with Gasteiger partial charge in [0.1, 0.15) is 5.75 Å². The summed E-state index contributed by atoms with van der Waals surface area (Å²) in [4.78, 5) is 16.9. The molecule has 0 bridgehead atoms. The van der Waals surface area contributed by atoms with Crippen molar-refractivity contribution >= 4 is 73.7 Å². The van der Waals surface area contributed by atoms with Crippen molar-refractivity contribution in [3.8, 4) is 5.75 Å². The summed E-state index contributed by atoms with van der Waals surface area (Å²) in [6.45, 7) is 0. The number of amides is 1. The molecule has 122 valence electrons. The molecular formula is C16H9BrCl2N2O2S. The molecule has 2 N–H and O–H groups in total. The van der Waals surface area contributed by atoms with Crippen LogP contribution in [0.25, 0.3) is 6.08 Å². The van der Waals surface area contributed by atoms with Crippen LogP contribution in [0.3, 0.4) is 0 Å². The minimum absolute atomic E-state index is 0.0473. The second-order valence-electron chi connectivity index (χ2n) is 4.78. The van der Waals surface area contributed by atoms with Gasteiger partial charge in [-0.3, -0.25) is 4.79 Å². The second kappa shape index (κ2) is 7.19. The second-order valence-corrected chi connectivity index (χ2v) is 7.54. The quantitative estimate of drug-likeness (QED) is 0.614. The van der Waals surface area contributed by atoms with Crippen LogP contribution in [-0.2, 0) is 4.79 Å². The molecule has 2 aromatic rings. The van der Waals surface area contributed by atoms with Crippen molar-refractivity contribution in [1.82, 2.24) is 5.32 Å². The third-order valence-corrected chi connectivity index (χ3v) is 5.07. The largest absolute Gasteiger partial charge is 0.507 e. The minimum atomic E-state index is -0.289. The van der Waals surface area contributed by atoms with Crippen LogP contribution in [0.1, 0.15) is 5.56 Å². The van der Waals surface area contributed by atoms with Gasteiger partial charge in [-0.25, -0.2) is 4.99 Å². The summed E-state index contributed by atoms with van der Waals surface area (Å²) in [5.74, 6) is -0.241. The average Bonchev–Trinajstić information content (AvgIpc) is 2.86. The summed E-state index contributed by atoms with van der Waals surface area (Å²) in [6.07, 6.45) is 1.57. The molecule has 2 aromatic carbocycles. The Balaban J connectivity index is 1.89. The third kappa shape index (κ3) is 3.95. The molecule has 0 saturated carbocycles. The van der Waals surface area contributed by atoms with Crippen molar-refractivity contribution in [3.63, 3.8) is 0 Å². The van der Waals surface area contributed by atoms with Crippen molar-refractivity contribution < 1.29 is 9.90 Å². The number of rotatable bonds is 2. The van der Waals surface area contributed by atoms with Crippen molar-refractivity contribution in [2.24, 2.45) is 4.99 Å². The molecule has 1 saturated heterocycles. The van der Waals surface area contributed by atoms with E-state index in [1.807, 2.05) is 0 Å². The predicted molar refractivity (Wildman–Crippen MR) is 103 cm³/mol. The number of phenols is 1.